The molecule has 1 aromatic heterocycles. The lowest BCUT2D eigenvalue weighted by molar-refractivity contribution is -0.0515. The molecule has 1 N–H and O–H groups in total. The predicted octanol–water partition coefficient (Wildman–Crippen LogP) is 2.96. The first-order valence-electron chi connectivity index (χ1n) is 6.30. The maximum absolute atomic E-state index is 12.5. The summed E-state index contributed by atoms with van der Waals surface area (Å²) in [5.41, 5.74) is -0.0760. The van der Waals surface area contributed by atoms with Gasteiger partial charge in [0.2, 0.25) is 5.13 Å². The molecule has 9 heteroatoms. The minimum absolute atomic E-state index is 0.0412. The number of hydrogen-bond donors (Lipinski definition) is 1. The number of nitrogens with zero attached hydrogens (tertiary/aromatic N) is 2. The molecule has 0 saturated carbocycles. The molecule has 0 unspecified atom stereocenters. The van der Waals surface area contributed by atoms with Crippen LogP contribution < -0.4 is 14.8 Å². The second-order valence-electron chi connectivity index (χ2n) is 4.02. The third-order valence-electron chi connectivity index (χ3n) is 2.64. The molecule has 22 heavy (non-hydrogen) atoms. The number of carbonyl (C=O) groups excluding carboxylic acids is 1. The van der Waals surface area contributed by atoms with E-state index in [2.05, 4.69) is 20.3 Å². The zero-order valence-corrected chi connectivity index (χ0v) is 12.6. The zero-order valence-electron chi connectivity index (χ0n) is 11.8. The summed E-state index contributed by atoms with van der Waals surface area (Å²) in [5, 5.41) is 11.2. The van der Waals surface area contributed by atoms with Crippen LogP contribution in [0.4, 0.5) is 13.9 Å². The van der Waals surface area contributed by atoms with E-state index in [1.54, 1.807) is 0 Å². The number of para-hydroxylation sites is 1. The van der Waals surface area contributed by atoms with Crippen molar-refractivity contribution >= 4 is 22.4 Å². The topological polar surface area (TPSA) is 73.3 Å². The third kappa shape index (κ3) is 3.67. The van der Waals surface area contributed by atoms with Crippen molar-refractivity contribution in [3.8, 4) is 11.5 Å². The van der Waals surface area contributed by atoms with Crippen molar-refractivity contribution in [3.05, 3.63) is 28.8 Å². The quantitative estimate of drug-likeness (QED) is 0.882. The number of nitrogens with one attached hydrogen (secondary N) is 1. The van der Waals surface area contributed by atoms with Crippen molar-refractivity contribution < 1.29 is 23.0 Å². The Morgan fingerprint density at radius 1 is 1.41 bits per heavy atom. The van der Waals surface area contributed by atoms with E-state index in [1.807, 2.05) is 6.92 Å². The first-order chi connectivity index (χ1) is 10.5. The number of alkyl halides is 2. The monoisotopic (exact) mass is 329 g/mol. The maximum Gasteiger partial charge on any atom is 0.387 e. The molecule has 2 aromatic rings. The maximum atomic E-state index is 12.5. The Labute approximate surface area is 129 Å². The highest BCUT2D eigenvalue weighted by molar-refractivity contribution is 7.15. The van der Waals surface area contributed by atoms with E-state index in [9.17, 15) is 13.6 Å². The van der Waals surface area contributed by atoms with Crippen LogP contribution in [0.15, 0.2) is 18.2 Å². The molecule has 0 fully saturated rings. The van der Waals surface area contributed by atoms with Crippen LogP contribution in [0.5, 0.6) is 11.5 Å². The molecule has 0 aliphatic rings. The van der Waals surface area contributed by atoms with Crippen LogP contribution in [0.25, 0.3) is 0 Å². The van der Waals surface area contributed by atoms with Gasteiger partial charge in [-0.3, -0.25) is 10.1 Å². The summed E-state index contributed by atoms with van der Waals surface area (Å²) < 4.78 is 34.4. The van der Waals surface area contributed by atoms with E-state index >= 15 is 0 Å². The van der Waals surface area contributed by atoms with Crippen LogP contribution in [0, 0.1) is 0 Å². The molecule has 118 valence electrons. The first kappa shape index (κ1) is 16.1. The highest BCUT2D eigenvalue weighted by atomic mass is 32.1. The average molecular weight is 329 g/mol. The molecule has 0 radical (unpaired) electrons. The number of carbonyl (C=O) groups is 1. The number of aryl methyl sites for hydroxylation is 1. The lowest BCUT2D eigenvalue weighted by Gasteiger charge is -2.13. The van der Waals surface area contributed by atoms with E-state index in [0.29, 0.717) is 6.42 Å². The molecule has 1 heterocycles. The molecular weight excluding hydrogens is 316 g/mol. The Morgan fingerprint density at radius 2 is 2.18 bits per heavy atom. The minimum atomic E-state index is -3.07. The molecule has 0 aliphatic carbocycles. The van der Waals surface area contributed by atoms with Gasteiger partial charge in [-0.15, -0.1) is 10.2 Å². The fraction of sp³-hybridized carbons (Fsp3) is 0.308. The fourth-order valence-electron chi connectivity index (χ4n) is 1.68. The van der Waals surface area contributed by atoms with Crippen LogP contribution >= 0.6 is 11.3 Å². The van der Waals surface area contributed by atoms with E-state index in [-0.39, 0.29) is 22.2 Å². The number of amides is 1. The molecule has 1 amide bonds. The average Bonchev–Trinajstić information content (AvgIpc) is 2.94. The Hall–Kier alpha value is -2.29. The van der Waals surface area contributed by atoms with Gasteiger partial charge >= 0.3 is 6.61 Å². The molecule has 0 aliphatic heterocycles. The van der Waals surface area contributed by atoms with Crippen LogP contribution in [-0.2, 0) is 6.42 Å². The van der Waals surface area contributed by atoms with E-state index < -0.39 is 12.5 Å². The van der Waals surface area contributed by atoms with Gasteiger partial charge in [-0.1, -0.05) is 24.3 Å². The lowest BCUT2D eigenvalue weighted by Crippen LogP contribution is -2.15. The van der Waals surface area contributed by atoms with Crippen molar-refractivity contribution in [1.29, 1.82) is 0 Å². The molecular formula is C13H13F2N3O3S. The summed E-state index contributed by atoms with van der Waals surface area (Å²) in [6.45, 7) is -1.17. The lowest BCUT2D eigenvalue weighted by atomic mass is 10.1. The van der Waals surface area contributed by atoms with Gasteiger partial charge in [0, 0.05) is 0 Å². The molecule has 1 aromatic carbocycles. The summed E-state index contributed by atoms with van der Waals surface area (Å²) in [5.74, 6) is -0.912. The summed E-state index contributed by atoms with van der Waals surface area (Å²) in [6.07, 6.45) is 0.687. The Balaban J connectivity index is 2.28. The predicted molar refractivity (Wildman–Crippen MR) is 76.9 cm³/mol. The second-order valence-corrected chi connectivity index (χ2v) is 5.09. The van der Waals surface area contributed by atoms with Gasteiger partial charge in [0.05, 0.1) is 12.7 Å². The first-order valence-corrected chi connectivity index (χ1v) is 7.12. The van der Waals surface area contributed by atoms with Gasteiger partial charge in [0.25, 0.3) is 5.91 Å². The molecule has 6 nitrogen and oxygen atoms in total. The molecule has 0 spiro atoms. The number of anilines is 1. The van der Waals surface area contributed by atoms with Crippen LogP contribution in [0.1, 0.15) is 22.3 Å². The number of benzene rings is 1. The van der Waals surface area contributed by atoms with Crippen molar-refractivity contribution in [1.82, 2.24) is 10.2 Å². The van der Waals surface area contributed by atoms with Crippen molar-refractivity contribution in [3.63, 3.8) is 0 Å². The van der Waals surface area contributed by atoms with Crippen LogP contribution in [-0.4, -0.2) is 29.8 Å². The van der Waals surface area contributed by atoms with E-state index in [4.69, 9.17) is 4.74 Å². The SMILES string of the molecule is CCc1nnc(NC(=O)c2cccc(OC)c2OC(F)F)s1. The number of aromatic nitrogens is 2. The number of halogens is 2. The molecule has 0 bridgehead atoms. The van der Waals surface area contributed by atoms with Crippen LogP contribution in [0.3, 0.4) is 0 Å². The van der Waals surface area contributed by atoms with Gasteiger partial charge in [-0.25, -0.2) is 0 Å². The standard InChI is InChI=1S/C13H13F2N3O3S/c1-3-9-17-18-13(22-9)16-11(19)7-5-4-6-8(20-2)10(7)21-12(14)15/h4-6,12H,3H2,1-2H3,(H,16,18,19). The summed E-state index contributed by atoms with van der Waals surface area (Å²) in [6, 6.07) is 4.29. The van der Waals surface area contributed by atoms with Crippen LogP contribution in [0.2, 0.25) is 0 Å². The number of methoxy groups -OCH3 is 1. The van der Waals surface area contributed by atoms with Gasteiger partial charge in [-0.05, 0) is 18.6 Å². The molecule has 2 rings (SSSR count). The minimum Gasteiger partial charge on any atom is -0.493 e. The number of rotatable bonds is 6. The highest BCUT2D eigenvalue weighted by Crippen LogP contribution is 2.33. The number of hydrogen-bond acceptors (Lipinski definition) is 6. The van der Waals surface area contributed by atoms with Gasteiger partial charge < -0.3 is 9.47 Å². The van der Waals surface area contributed by atoms with E-state index in [1.165, 1.54) is 36.6 Å². The Bertz CT molecular complexity index is 664. The normalized spacial score (nSPS) is 10.6. The van der Waals surface area contributed by atoms with Gasteiger partial charge in [0.1, 0.15) is 5.01 Å². The van der Waals surface area contributed by atoms with Gasteiger partial charge in [-0.2, -0.15) is 8.78 Å². The van der Waals surface area contributed by atoms with Crippen molar-refractivity contribution in [2.45, 2.75) is 20.0 Å². The number of ether oxygens (including phenoxy) is 2. The largest absolute Gasteiger partial charge is 0.493 e. The zero-order chi connectivity index (χ0) is 16.1. The van der Waals surface area contributed by atoms with Gasteiger partial charge in [0.15, 0.2) is 11.5 Å². The van der Waals surface area contributed by atoms with Crippen molar-refractivity contribution in [2.24, 2.45) is 0 Å². The Kier molecular flexibility index (Phi) is 5.21. The summed E-state index contributed by atoms with van der Waals surface area (Å²) >= 11 is 1.21. The third-order valence-corrected chi connectivity index (χ3v) is 3.62. The molecule has 0 atom stereocenters. The smallest absolute Gasteiger partial charge is 0.387 e. The summed E-state index contributed by atoms with van der Waals surface area (Å²) in [7, 11) is 1.30. The summed E-state index contributed by atoms with van der Waals surface area (Å²) in [4.78, 5) is 12.2. The fourth-order valence-corrected chi connectivity index (χ4v) is 2.35. The second kappa shape index (κ2) is 7.12. The van der Waals surface area contributed by atoms with E-state index in [0.717, 1.165) is 5.01 Å². The highest BCUT2D eigenvalue weighted by Gasteiger charge is 2.21. The Morgan fingerprint density at radius 3 is 2.77 bits per heavy atom. The van der Waals surface area contributed by atoms with Crippen molar-refractivity contribution in [2.75, 3.05) is 12.4 Å². The molecule has 0 saturated heterocycles.